The Morgan fingerprint density at radius 3 is 2.95 bits per heavy atom. The van der Waals surface area contributed by atoms with E-state index in [0.29, 0.717) is 6.42 Å². The van der Waals surface area contributed by atoms with E-state index in [1.807, 2.05) is 50.0 Å². The zero-order valence-electron chi connectivity index (χ0n) is 13.1. The minimum absolute atomic E-state index is 0.0976. The largest absolute Gasteiger partial charge is 0.361 e. The van der Waals surface area contributed by atoms with Gasteiger partial charge in [-0.3, -0.25) is 9.48 Å². The van der Waals surface area contributed by atoms with Crippen molar-refractivity contribution in [3.05, 3.63) is 35.0 Å². The van der Waals surface area contributed by atoms with E-state index in [0.717, 1.165) is 40.6 Å². The second-order valence-electron chi connectivity index (χ2n) is 5.60. The molecule has 0 aromatic carbocycles. The molecular weight excluding hydrogens is 300 g/mol. The number of aryl methyl sites for hydroxylation is 3. The van der Waals surface area contributed by atoms with Gasteiger partial charge in [0.1, 0.15) is 5.76 Å². The number of hydrogen-bond donors (Lipinski definition) is 0. The van der Waals surface area contributed by atoms with E-state index in [2.05, 4.69) is 10.3 Å². The molecule has 7 heteroatoms. The highest BCUT2D eigenvalue weighted by atomic mass is 32.2. The summed E-state index contributed by atoms with van der Waals surface area (Å²) in [6.45, 7) is 4.50. The Hall–Kier alpha value is -1.76. The molecule has 3 rings (SSSR count). The number of hydrogen-bond acceptors (Lipinski definition) is 5. The van der Waals surface area contributed by atoms with Gasteiger partial charge in [0, 0.05) is 42.4 Å². The predicted octanol–water partition coefficient (Wildman–Crippen LogP) is 1.88. The van der Waals surface area contributed by atoms with Crippen molar-refractivity contribution in [3.63, 3.8) is 0 Å². The van der Waals surface area contributed by atoms with Gasteiger partial charge >= 0.3 is 0 Å². The number of carbonyl (C=O) groups is 1. The molecule has 1 saturated heterocycles. The highest BCUT2D eigenvalue weighted by Crippen LogP contribution is 2.30. The fourth-order valence-corrected chi connectivity index (χ4v) is 3.89. The monoisotopic (exact) mass is 320 g/mol. The van der Waals surface area contributed by atoms with Gasteiger partial charge in [-0.1, -0.05) is 5.16 Å². The smallest absolute Gasteiger partial charge is 0.227 e. The molecule has 2 aromatic rings. The van der Waals surface area contributed by atoms with Gasteiger partial charge in [-0.2, -0.15) is 16.9 Å². The summed E-state index contributed by atoms with van der Waals surface area (Å²) in [6, 6.07) is 0.0976. The molecular formula is C15H20N4O2S. The number of rotatable bonds is 3. The Kier molecular flexibility index (Phi) is 4.24. The molecule has 0 aliphatic carbocycles. The third-order valence-corrected chi connectivity index (χ3v) is 5.09. The normalized spacial score (nSPS) is 18.7. The summed E-state index contributed by atoms with van der Waals surface area (Å²) in [4.78, 5) is 14.8. The molecule has 0 bridgehead atoms. The van der Waals surface area contributed by atoms with Gasteiger partial charge in [-0.25, -0.2) is 0 Å². The molecule has 0 radical (unpaired) electrons. The number of thioether (sulfide) groups is 1. The van der Waals surface area contributed by atoms with Crippen molar-refractivity contribution in [1.29, 1.82) is 0 Å². The van der Waals surface area contributed by atoms with Crippen molar-refractivity contribution >= 4 is 17.7 Å². The maximum atomic E-state index is 12.8. The predicted molar refractivity (Wildman–Crippen MR) is 84.7 cm³/mol. The second-order valence-corrected chi connectivity index (χ2v) is 6.75. The van der Waals surface area contributed by atoms with Crippen LogP contribution in [0.1, 0.15) is 28.6 Å². The summed E-state index contributed by atoms with van der Waals surface area (Å²) in [5.41, 5.74) is 2.81. The highest BCUT2D eigenvalue weighted by Gasteiger charge is 2.30. The Morgan fingerprint density at radius 1 is 1.50 bits per heavy atom. The lowest BCUT2D eigenvalue weighted by Gasteiger charge is -2.35. The van der Waals surface area contributed by atoms with Crippen LogP contribution in [0.4, 0.5) is 0 Å². The number of nitrogens with zero attached hydrogens (tertiary/aromatic N) is 4. The lowest BCUT2D eigenvalue weighted by molar-refractivity contribution is -0.132. The zero-order valence-corrected chi connectivity index (χ0v) is 13.9. The summed E-state index contributed by atoms with van der Waals surface area (Å²) >= 11 is 1.88. The summed E-state index contributed by atoms with van der Waals surface area (Å²) in [5, 5.41) is 8.17. The molecule has 6 nitrogen and oxygen atoms in total. The van der Waals surface area contributed by atoms with E-state index >= 15 is 0 Å². The Morgan fingerprint density at radius 2 is 2.32 bits per heavy atom. The van der Waals surface area contributed by atoms with Crippen LogP contribution in [0.25, 0.3) is 0 Å². The SMILES string of the molecule is Cc1noc(C)c1CC(=O)N1CCSCC1c1cnn(C)c1. The zero-order chi connectivity index (χ0) is 15.7. The molecule has 1 aliphatic rings. The van der Waals surface area contributed by atoms with Crippen molar-refractivity contribution in [2.24, 2.45) is 7.05 Å². The minimum Gasteiger partial charge on any atom is -0.361 e. The molecule has 1 aliphatic heterocycles. The van der Waals surface area contributed by atoms with Gasteiger partial charge in [-0.15, -0.1) is 0 Å². The quantitative estimate of drug-likeness (QED) is 0.864. The first-order valence-corrected chi connectivity index (χ1v) is 8.49. The maximum absolute atomic E-state index is 12.8. The van der Waals surface area contributed by atoms with Gasteiger partial charge in [0.15, 0.2) is 0 Å². The molecule has 1 amide bonds. The molecule has 22 heavy (non-hydrogen) atoms. The first-order valence-electron chi connectivity index (χ1n) is 7.33. The summed E-state index contributed by atoms with van der Waals surface area (Å²) in [7, 11) is 1.90. The number of carbonyl (C=O) groups excluding carboxylic acids is 1. The lowest BCUT2D eigenvalue weighted by Crippen LogP contribution is -2.41. The van der Waals surface area contributed by atoms with Gasteiger partial charge in [0.05, 0.1) is 24.4 Å². The van der Waals surface area contributed by atoms with Crippen LogP contribution in [-0.4, -0.2) is 43.8 Å². The molecule has 1 atom stereocenters. The lowest BCUT2D eigenvalue weighted by atomic mass is 10.1. The molecule has 0 spiro atoms. The van der Waals surface area contributed by atoms with Crippen LogP contribution in [0.5, 0.6) is 0 Å². The molecule has 2 aromatic heterocycles. The van der Waals surface area contributed by atoms with Gasteiger partial charge in [-0.05, 0) is 13.8 Å². The van der Waals surface area contributed by atoms with Crippen LogP contribution in [0.2, 0.25) is 0 Å². The van der Waals surface area contributed by atoms with Crippen LogP contribution < -0.4 is 0 Å². The van der Waals surface area contributed by atoms with Crippen molar-refractivity contribution in [1.82, 2.24) is 19.8 Å². The average molecular weight is 320 g/mol. The first-order chi connectivity index (χ1) is 10.6. The topological polar surface area (TPSA) is 64.2 Å². The average Bonchev–Trinajstić information content (AvgIpc) is 3.08. The Balaban J connectivity index is 1.80. The molecule has 1 unspecified atom stereocenters. The van der Waals surface area contributed by atoms with Crippen molar-refractivity contribution in [2.45, 2.75) is 26.3 Å². The third kappa shape index (κ3) is 2.90. The van der Waals surface area contributed by atoms with E-state index in [1.165, 1.54) is 0 Å². The highest BCUT2D eigenvalue weighted by molar-refractivity contribution is 7.99. The third-order valence-electron chi connectivity index (χ3n) is 4.07. The van der Waals surface area contributed by atoms with E-state index in [9.17, 15) is 4.79 Å². The molecule has 0 saturated carbocycles. The summed E-state index contributed by atoms with van der Waals surface area (Å²) < 4.78 is 6.94. The van der Waals surface area contributed by atoms with Crippen LogP contribution in [0, 0.1) is 13.8 Å². The minimum atomic E-state index is 0.0976. The fraction of sp³-hybridized carbons (Fsp3) is 0.533. The fourth-order valence-electron chi connectivity index (χ4n) is 2.80. The summed E-state index contributed by atoms with van der Waals surface area (Å²) in [5.74, 6) is 2.75. The Bertz CT molecular complexity index is 659. The van der Waals surface area contributed by atoms with E-state index in [4.69, 9.17) is 4.52 Å². The van der Waals surface area contributed by atoms with E-state index in [-0.39, 0.29) is 11.9 Å². The molecule has 118 valence electrons. The maximum Gasteiger partial charge on any atom is 0.227 e. The second kappa shape index (κ2) is 6.16. The van der Waals surface area contributed by atoms with E-state index < -0.39 is 0 Å². The molecule has 0 N–H and O–H groups in total. The van der Waals surface area contributed by atoms with Crippen molar-refractivity contribution in [3.8, 4) is 0 Å². The van der Waals surface area contributed by atoms with Crippen molar-refractivity contribution < 1.29 is 9.32 Å². The summed E-state index contributed by atoms with van der Waals surface area (Å²) in [6.07, 6.45) is 4.20. The molecule has 3 heterocycles. The van der Waals surface area contributed by atoms with E-state index in [1.54, 1.807) is 4.68 Å². The van der Waals surface area contributed by atoms with Crippen LogP contribution in [0.15, 0.2) is 16.9 Å². The van der Waals surface area contributed by atoms with Crippen LogP contribution >= 0.6 is 11.8 Å². The van der Waals surface area contributed by atoms with Crippen LogP contribution in [0.3, 0.4) is 0 Å². The van der Waals surface area contributed by atoms with Gasteiger partial charge in [0.25, 0.3) is 0 Å². The number of aromatic nitrogens is 3. The number of amides is 1. The van der Waals surface area contributed by atoms with Crippen LogP contribution in [-0.2, 0) is 18.3 Å². The molecule has 1 fully saturated rings. The Labute approximate surface area is 133 Å². The van der Waals surface area contributed by atoms with Gasteiger partial charge < -0.3 is 9.42 Å². The van der Waals surface area contributed by atoms with Crippen molar-refractivity contribution in [2.75, 3.05) is 18.1 Å². The first kappa shape index (κ1) is 15.1. The van der Waals surface area contributed by atoms with Gasteiger partial charge in [0.2, 0.25) is 5.91 Å². The standard InChI is InChI=1S/C15H20N4O2S/c1-10-13(11(2)21-17-10)6-15(20)19-4-5-22-9-14(19)12-7-16-18(3)8-12/h7-8,14H,4-6,9H2,1-3H3.